The average molecular weight is 379 g/mol. The topological polar surface area (TPSA) is 76.1 Å². The van der Waals surface area contributed by atoms with Gasteiger partial charge in [-0.2, -0.15) is 0 Å². The molecule has 1 aromatic carbocycles. The van der Waals surface area contributed by atoms with E-state index in [-0.39, 0.29) is 23.3 Å². The van der Waals surface area contributed by atoms with Crippen LogP contribution >= 0.6 is 11.3 Å². The van der Waals surface area contributed by atoms with Gasteiger partial charge in [-0.05, 0) is 25.3 Å². The largest absolute Gasteiger partial charge is 0.302 e. The SMILES string of the molecule is Cc1nc(NC(=O)CCS(=O)(=O)C2CCCC2)sc1-c1ccccc1. The Morgan fingerprint density at radius 3 is 2.60 bits per heavy atom. The Bertz CT molecular complexity index is 838. The highest BCUT2D eigenvalue weighted by atomic mass is 32.2. The van der Waals surface area contributed by atoms with Crippen molar-refractivity contribution in [1.29, 1.82) is 0 Å². The number of sulfone groups is 1. The first-order valence-corrected chi connectivity index (χ1v) is 11.0. The zero-order chi connectivity index (χ0) is 17.9. The highest BCUT2D eigenvalue weighted by molar-refractivity contribution is 7.92. The van der Waals surface area contributed by atoms with Gasteiger partial charge >= 0.3 is 0 Å². The number of anilines is 1. The van der Waals surface area contributed by atoms with E-state index in [1.54, 1.807) is 0 Å². The number of thiazole rings is 1. The number of aryl methyl sites for hydroxylation is 1. The third-order valence-corrected chi connectivity index (χ3v) is 7.88. The van der Waals surface area contributed by atoms with Crippen LogP contribution in [0.1, 0.15) is 37.8 Å². The van der Waals surface area contributed by atoms with Crippen LogP contribution in [0.5, 0.6) is 0 Å². The van der Waals surface area contributed by atoms with Gasteiger partial charge in [-0.15, -0.1) is 0 Å². The van der Waals surface area contributed by atoms with Crippen LogP contribution in [-0.4, -0.2) is 30.3 Å². The zero-order valence-electron chi connectivity index (χ0n) is 14.2. The van der Waals surface area contributed by atoms with Gasteiger partial charge in [0, 0.05) is 6.42 Å². The molecule has 0 unspecified atom stereocenters. The molecule has 0 saturated heterocycles. The van der Waals surface area contributed by atoms with Crippen molar-refractivity contribution in [2.45, 2.75) is 44.3 Å². The molecule has 1 heterocycles. The predicted molar refractivity (Wildman–Crippen MR) is 102 cm³/mol. The maximum atomic E-state index is 12.2. The average Bonchev–Trinajstić information content (AvgIpc) is 3.24. The number of carbonyl (C=O) groups is 1. The van der Waals surface area contributed by atoms with Crippen LogP contribution in [0, 0.1) is 6.92 Å². The Labute approximate surface area is 152 Å². The first kappa shape index (κ1) is 18.1. The first-order valence-electron chi connectivity index (χ1n) is 8.50. The van der Waals surface area contributed by atoms with Crippen LogP contribution in [0.4, 0.5) is 5.13 Å². The molecule has 1 amide bonds. The predicted octanol–water partition coefficient (Wildman–Crippen LogP) is 3.80. The summed E-state index contributed by atoms with van der Waals surface area (Å²) in [5.41, 5.74) is 1.91. The standard InChI is InChI=1S/C18H22N2O3S2/c1-13-17(14-7-3-2-4-8-14)24-18(19-13)20-16(21)11-12-25(22,23)15-9-5-6-10-15/h2-4,7-8,15H,5-6,9-12H2,1H3,(H,19,20,21). The van der Waals surface area contributed by atoms with E-state index in [0.717, 1.165) is 41.8 Å². The number of hydrogen-bond acceptors (Lipinski definition) is 5. The third kappa shape index (κ3) is 4.46. The van der Waals surface area contributed by atoms with Crippen LogP contribution in [0.2, 0.25) is 0 Å². The van der Waals surface area contributed by atoms with Crippen LogP contribution in [-0.2, 0) is 14.6 Å². The summed E-state index contributed by atoms with van der Waals surface area (Å²) in [6.45, 7) is 1.90. The molecule has 0 aliphatic heterocycles. The number of rotatable bonds is 6. The lowest BCUT2D eigenvalue weighted by atomic mass is 10.2. The molecule has 134 valence electrons. The molecule has 1 aliphatic carbocycles. The number of carbonyl (C=O) groups excluding carboxylic acids is 1. The molecular weight excluding hydrogens is 356 g/mol. The Morgan fingerprint density at radius 1 is 1.24 bits per heavy atom. The molecule has 25 heavy (non-hydrogen) atoms. The molecule has 7 heteroatoms. The van der Waals surface area contributed by atoms with Gasteiger partial charge in [0.2, 0.25) is 5.91 Å². The van der Waals surface area contributed by atoms with E-state index in [1.165, 1.54) is 11.3 Å². The fraction of sp³-hybridized carbons (Fsp3) is 0.444. The van der Waals surface area contributed by atoms with E-state index >= 15 is 0 Å². The zero-order valence-corrected chi connectivity index (χ0v) is 15.8. The van der Waals surface area contributed by atoms with Gasteiger partial charge in [-0.3, -0.25) is 4.79 Å². The summed E-state index contributed by atoms with van der Waals surface area (Å²) in [5.74, 6) is -0.380. The summed E-state index contributed by atoms with van der Waals surface area (Å²) >= 11 is 1.41. The van der Waals surface area contributed by atoms with E-state index in [9.17, 15) is 13.2 Å². The highest BCUT2D eigenvalue weighted by Crippen LogP contribution is 2.32. The summed E-state index contributed by atoms with van der Waals surface area (Å²) in [6, 6.07) is 9.87. The molecular formula is C18H22N2O3S2. The molecule has 1 aliphatic rings. The number of amides is 1. The van der Waals surface area contributed by atoms with Gasteiger partial charge in [0.15, 0.2) is 15.0 Å². The van der Waals surface area contributed by atoms with Gasteiger partial charge < -0.3 is 5.32 Å². The van der Waals surface area contributed by atoms with Crippen molar-refractivity contribution < 1.29 is 13.2 Å². The number of nitrogens with zero attached hydrogens (tertiary/aromatic N) is 1. The van der Waals surface area contributed by atoms with Crippen LogP contribution in [0.3, 0.4) is 0 Å². The maximum absolute atomic E-state index is 12.2. The van der Waals surface area contributed by atoms with Crippen molar-refractivity contribution in [2.75, 3.05) is 11.1 Å². The minimum atomic E-state index is -3.17. The van der Waals surface area contributed by atoms with Crippen LogP contribution in [0.15, 0.2) is 30.3 Å². The Kier molecular flexibility index (Phi) is 5.54. The third-order valence-electron chi connectivity index (χ3n) is 4.50. The molecule has 5 nitrogen and oxygen atoms in total. The Balaban J connectivity index is 1.60. The van der Waals surface area contributed by atoms with Crippen LogP contribution in [0.25, 0.3) is 10.4 Å². The van der Waals surface area contributed by atoms with E-state index in [0.29, 0.717) is 5.13 Å². The second kappa shape index (κ2) is 7.66. The van der Waals surface area contributed by atoms with E-state index < -0.39 is 9.84 Å². The second-order valence-electron chi connectivity index (χ2n) is 6.37. The molecule has 1 fully saturated rings. The maximum Gasteiger partial charge on any atom is 0.227 e. The molecule has 0 atom stereocenters. The van der Waals surface area contributed by atoms with E-state index in [2.05, 4.69) is 10.3 Å². The monoisotopic (exact) mass is 378 g/mol. The quantitative estimate of drug-likeness (QED) is 0.829. The lowest BCUT2D eigenvalue weighted by molar-refractivity contribution is -0.115. The summed E-state index contributed by atoms with van der Waals surface area (Å²) in [4.78, 5) is 17.5. The van der Waals surface area contributed by atoms with Crippen LogP contribution < -0.4 is 5.32 Å². The fourth-order valence-corrected chi connectivity index (χ4v) is 5.98. The normalized spacial score (nSPS) is 15.4. The van der Waals surface area contributed by atoms with E-state index in [1.807, 2.05) is 37.3 Å². The number of aromatic nitrogens is 1. The summed E-state index contributed by atoms with van der Waals surface area (Å²) in [7, 11) is -3.17. The molecule has 2 aromatic rings. The van der Waals surface area contributed by atoms with Crippen molar-refractivity contribution in [3.8, 4) is 10.4 Å². The Morgan fingerprint density at radius 2 is 1.92 bits per heavy atom. The molecule has 0 radical (unpaired) electrons. The van der Waals surface area contributed by atoms with Crippen molar-refractivity contribution >= 4 is 32.2 Å². The lowest BCUT2D eigenvalue weighted by Crippen LogP contribution is -2.24. The molecule has 0 spiro atoms. The molecule has 0 bridgehead atoms. The van der Waals surface area contributed by atoms with Gasteiger partial charge in [-0.25, -0.2) is 13.4 Å². The summed E-state index contributed by atoms with van der Waals surface area (Å²) in [6.07, 6.45) is 3.39. The first-order chi connectivity index (χ1) is 12.0. The van der Waals surface area contributed by atoms with E-state index in [4.69, 9.17) is 0 Å². The highest BCUT2D eigenvalue weighted by Gasteiger charge is 2.29. The van der Waals surface area contributed by atoms with Crippen molar-refractivity contribution in [1.82, 2.24) is 4.98 Å². The summed E-state index contributed by atoms with van der Waals surface area (Å²) in [5, 5.41) is 3.00. The molecule has 1 aromatic heterocycles. The van der Waals surface area contributed by atoms with Crippen molar-refractivity contribution in [3.05, 3.63) is 36.0 Å². The van der Waals surface area contributed by atoms with Gasteiger partial charge in [0.05, 0.1) is 21.6 Å². The fourth-order valence-electron chi connectivity index (χ4n) is 3.14. The number of nitrogens with one attached hydrogen (secondary N) is 1. The molecule has 1 saturated carbocycles. The number of hydrogen-bond donors (Lipinski definition) is 1. The Hall–Kier alpha value is -1.73. The summed E-state index contributed by atoms with van der Waals surface area (Å²) < 4.78 is 24.5. The van der Waals surface area contributed by atoms with Crippen molar-refractivity contribution in [2.24, 2.45) is 0 Å². The lowest BCUT2D eigenvalue weighted by Gasteiger charge is -2.10. The van der Waals surface area contributed by atoms with Gasteiger partial charge in [0.1, 0.15) is 0 Å². The minimum absolute atomic E-state index is 0.0157. The van der Waals surface area contributed by atoms with Gasteiger partial charge in [-0.1, -0.05) is 54.5 Å². The van der Waals surface area contributed by atoms with Gasteiger partial charge in [0.25, 0.3) is 0 Å². The second-order valence-corrected chi connectivity index (χ2v) is 9.77. The minimum Gasteiger partial charge on any atom is -0.302 e. The smallest absolute Gasteiger partial charge is 0.227 e. The van der Waals surface area contributed by atoms with Crippen molar-refractivity contribution in [3.63, 3.8) is 0 Å². The molecule has 1 N–H and O–H groups in total. The number of benzene rings is 1. The molecule has 3 rings (SSSR count).